The van der Waals surface area contributed by atoms with Crippen LogP contribution in [0.25, 0.3) is 0 Å². The topological polar surface area (TPSA) is 54.0 Å². The molecule has 4 heteroatoms. The van der Waals surface area contributed by atoms with Crippen molar-refractivity contribution in [3.63, 3.8) is 0 Å². The van der Waals surface area contributed by atoms with Gasteiger partial charge in [0.2, 0.25) is 5.91 Å². The summed E-state index contributed by atoms with van der Waals surface area (Å²) >= 11 is 0. The van der Waals surface area contributed by atoms with Crippen LogP contribution in [-0.4, -0.2) is 24.0 Å². The molecule has 1 aliphatic heterocycles. The number of nitrogens with one attached hydrogen (secondary N) is 2. The summed E-state index contributed by atoms with van der Waals surface area (Å²) in [6.45, 7) is 4.77. The minimum atomic E-state index is 0.227. The second-order valence-corrected chi connectivity index (χ2v) is 5.89. The maximum absolute atomic E-state index is 12.2. The number of hydrogen-bond acceptors (Lipinski definition) is 3. The molecule has 1 saturated carbocycles. The highest BCUT2D eigenvalue weighted by molar-refractivity contribution is 5.82. The van der Waals surface area contributed by atoms with Crippen LogP contribution in [0.2, 0.25) is 0 Å². The van der Waals surface area contributed by atoms with Gasteiger partial charge in [-0.15, -0.1) is 0 Å². The van der Waals surface area contributed by atoms with Crippen LogP contribution in [0.1, 0.15) is 30.4 Å². The molecule has 2 N–H and O–H groups in total. The Balaban J connectivity index is 1.54. The molecule has 0 aromatic carbocycles. The maximum Gasteiger partial charge on any atom is 0.223 e. The van der Waals surface area contributed by atoms with Gasteiger partial charge in [-0.1, -0.05) is 0 Å². The molecule has 2 fully saturated rings. The summed E-state index contributed by atoms with van der Waals surface area (Å²) in [5.74, 6) is 0.469. The van der Waals surface area contributed by atoms with Crippen molar-refractivity contribution in [1.29, 1.82) is 0 Å². The monoisotopic (exact) mass is 259 g/mol. The van der Waals surface area contributed by atoms with Crippen LogP contribution in [0.4, 0.5) is 0 Å². The molecule has 0 radical (unpaired) electrons. The van der Waals surface area contributed by atoms with Gasteiger partial charge in [0.1, 0.15) is 0 Å². The molecule has 4 nitrogen and oxygen atoms in total. The molecule has 1 spiro atoms. The molecule has 1 amide bonds. The Hall–Kier alpha value is -1.42. The summed E-state index contributed by atoms with van der Waals surface area (Å²) in [4.78, 5) is 16.3. The minimum Gasteiger partial charge on any atom is -0.352 e. The summed E-state index contributed by atoms with van der Waals surface area (Å²) in [7, 11) is 0. The molecule has 19 heavy (non-hydrogen) atoms. The van der Waals surface area contributed by atoms with E-state index in [1.165, 1.54) is 5.56 Å². The molecule has 3 rings (SSSR count). The van der Waals surface area contributed by atoms with E-state index in [0.29, 0.717) is 12.0 Å². The Labute approximate surface area is 114 Å². The Kier molecular flexibility index (Phi) is 3.27. The molecule has 102 valence electrons. The van der Waals surface area contributed by atoms with E-state index >= 15 is 0 Å². The molecule has 1 aromatic rings. The second-order valence-electron chi connectivity index (χ2n) is 5.89. The van der Waals surface area contributed by atoms with Gasteiger partial charge in [-0.2, -0.15) is 0 Å². The fraction of sp³-hybridized carbons (Fsp3) is 0.600. The van der Waals surface area contributed by atoms with Crippen LogP contribution in [0.15, 0.2) is 18.5 Å². The number of hydrogen-bond donors (Lipinski definition) is 2. The van der Waals surface area contributed by atoms with E-state index in [9.17, 15) is 4.79 Å². The summed E-state index contributed by atoms with van der Waals surface area (Å²) in [5.41, 5.74) is 2.61. The number of piperidine rings is 1. The normalized spacial score (nSPS) is 24.2. The molecule has 1 aromatic heterocycles. The van der Waals surface area contributed by atoms with E-state index in [4.69, 9.17) is 0 Å². The summed E-state index contributed by atoms with van der Waals surface area (Å²) < 4.78 is 0. The van der Waals surface area contributed by atoms with Crippen LogP contribution in [0.5, 0.6) is 0 Å². The Morgan fingerprint density at radius 3 is 3.05 bits per heavy atom. The maximum atomic E-state index is 12.2. The third-order valence-corrected chi connectivity index (χ3v) is 4.71. The summed E-state index contributed by atoms with van der Waals surface area (Å²) in [5, 5.41) is 6.44. The Bertz CT molecular complexity index is 480. The summed E-state index contributed by atoms with van der Waals surface area (Å²) in [6.07, 6.45) is 6.99. The fourth-order valence-electron chi connectivity index (χ4n) is 3.18. The molecule has 1 saturated heterocycles. The van der Waals surface area contributed by atoms with Gasteiger partial charge in [-0.05, 0) is 61.9 Å². The van der Waals surface area contributed by atoms with Crippen molar-refractivity contribution in [1.82, 2.24) is 15.6 Å². The predicted molar refractivity (Wildman–Crippen MR) is 73.5 cm³/mol. The SMILES string of the molecule is Cc1ccncc1CNC(=O)C1CC12CCNCC2. The predicted octanol–water partition coefficient (Wildman–Crippen LogP) is 1.40. The largest absolute Gasteiger partial charge is 0.352 e. The number of carbonyl (C=O) groups is 1. The van der Waals surface area contributed by atoms with Crippen LogP contribution >= 0.6 is 0 Å². The van der Waals surface area contributed by atoms with Crippen molar-refractivity contribution in [2.24, 2.45) is 11.3 Å². The van der Waals surface area contributed by atoms with E-state index in [1.807, 2.05) is 12.3 Å². The summed E-state index contributed by atoms with van der Waals surface area (Å²) in [6, 6.07) is 1.98. The van der Waals surface area contributed by atoms with E-state index in [0.717, 1.165) is 37.9 Å². The lowest BCUT2D eigenvalue weighted by Gasteiger charge is -2.23. The van der Waals surface area contributed by atoms with Gasteiger partial charge < -0.3 is 10.6 Å². The van der Waals surface area contributed by atoms with E-state index in [1.54, 1.807) is 6.20 Å². The molecule has 1 atom stereocenters. The van der Waals surface area contributed by atoms with Gasteiger partial charge >= 0.3 is 0 Å². The zero-order valence-electron chi connectivity index (χ0n) is 11.4. The highest BCUT2D eigenvalue weighted by Crippen LogP contribution is 2.58. The third kappa shape index (κ3) is 2.50. The van der Waals surface area contributed by atoms with Gasteiger partial charge in [0.05, 0.1) is 0 Å². The standard InChI is InChI=1S/C15H21N3O/c1-11-2-5-17-9-12(11)10-18-14(19)13-8-15(13)3-6-16-7-4-15/h2,5,9,13,16H,3-4,6-8,10H2,1H3,(H,18,19). The van der Waals surface area contributed by atoms with Crippen molar-refractivity contribution in [3.05, 3.63) is 29.6 Å². The fourth-order valence-corrected chi connectivity index (χ4v) is 3.18. The van der Waals surface area contributed by atoms with Crippen molar-refractivity contribution in [2.45, 2.75) is 32.7 Å². The number of nitrogens with zero attached hydrogens (tertiary/aromatic N) is 1. The quantitative estimate of drug-likeness (QED) is 0.862. The van der Waals surface area contributed by atoms with Crippen molar-refractivity contribution in [3.8, 4) is 0 Å². The number of aromatic nitrogens is 1. The average Bonchev–Trinajstić information content (AvgIpc) is 3.12. The smallest absolute Gasteiger partial charge is 0.223 e. The van der Waals surface area contributed by atoms with Crippen molar-refractivity contribution in [2.75, 3.05) is 13.1 Å². The van der Waals surface area contributed by atoms with Gasteiger partial charge in [-0.25, -0.2) is 0 Å². The second kappa shape index (κ2) is 4.93. The van der Waals surface area contributed by atoms with E-state index in [2.05, 4.69) is 22.5 Å². The first-order valence-corrected chi connectivity index (χ1v) is 7.09. The first kappa shape index (κ1) is 12.6. The molecule has 1 unspecified atom stereocenters. The van der Waals surface area contributed by atoms with E-state index < -0.39 is 0 Å². The molecule has 2 aliphatic rings. The number of amides is 1. The zero-order chi connectivity index (χ0) is 13.3. The number of pyridine rings is 1. The lowest BCUT2D eigenvalue weighted by molar-refractivity contribution is -0.123. The number of rotatable bonds is 3. The average molecular weight is 259 g/mol. The lowest BCUT2D eigenvalue weighted by Crippen LogP contribution is -2.33. The van der Waals surface area contributed by atoms with Gasteiger partial charge in [0.25, 0.3) is 0 Å². The van der Waals surface area contributed by atoms with Gasteiger partial charge in [0.15, 0.2) is 0 Å². The van der Waals surface area contributed by atoms with Gasteiger partial charge in [-0.3, -0.25) is 9.78 Å². The van der Waals surface area contributed by atoms with Crippen LogP contribution in [-0.2, 0) is 11.3 Å². The molecule has 1 aliphatic carbocycles. The first-order chi connectivity index (χ1) is 9.21. The van der Waals surface area contributed by atoms with Crippen LogP contribution in [0.3, 0.4) is 0 Å². The molecule has 2 heterocycles. The van der Waals surface area contributed by atoms with Crippen LogP contribution < -0.4 is 10.6 Å². The number of carbonyl (C=O) groups excluding carboxylic acids is 1. The molecule has 0 bridgehead atoms. The highest BCUT2D eigenvalue weighted by Gasteiger charge is 2.57. The molecular weight excluding hydrogens is 238 g/mol. The first-order valence-electron chi connectivity index (χ1n) is 7.09. The minimum absolute atomic E-state index is 0.227. The highest BCUT2D eigenvalue weighted by atomic mass is 16.2. The van der Waals surface area contributed by atoms with Crippen molar-refractivity contribution >= 4 is 5.91 Å². The van der Waals surface area contributed by atoms with Crippen LogP contribution in [0, 0.1) is 18.3 Å². The Morgan fingerprint density at radius 2 is 2.32 bits per heavy atom. The lowest BCUT2D eigenvalue weighted by atomic mass is 9.92. The number of aryl methyl sites for hydroxylation is 1. The molecular formula is C15H21N3O. The third-order valence-electron chi connectivity index (χ3n) is 4.71. The Morgan fingerprint density at radius 1 is 1.53 bits per heavy atom. The van der Waals surface area contributed by atoms with Crippen molar-refractivity contribution < 1.29 is 4.79 Å². The zero-order valence-corrected chi connectivity index (χ0v) is 11.4. The van der Waals surface area contributed by atoms with E-state index in [-0.39, 0.29) is 11.8 Å². The van der Waals surface area contributed by atoms with Gasteiger partial charge in [0, 0.05) is 24.9 Å².